The summed E-state index contributed by atoms with van der Waals surface area (Å²) in [6.45, 7) is 7.42. The Balaban J connectivity index is 2.58. The number of methoxy groups -OCH3 is 1. The number of ether oxygens (including phenoxy) is 1. The van der Waals surface area contributed by atoms with Gasteiger partial charge in [-0.2, -0.15) is 0 Å². The van der Waals surface area contributed by atoms with Crippen LogP contribution in [0.4, 0.5) is 0 Å². The summed E-state index contributed by atoms with van der Waals surface area (Å²) >= 11 is 0. The smallest absolute Gasteiger partial charge is 0.255 e. The average molecular weight is 266 g/mol. The Hall–Kier alpha value is -1.75. The number of hydrogen-bond acceptors (Lipinski definition) is 4. The first kappa shape index (κ1) is 15.3. The molecule has 0 spiro atoms. The van der Waals surface area contributed by atoms with Crippen LogP contribution in [0.2, 0.25) is 0 Å². The molecule has 19 heavy (non-hydrogen) atoms. The molecule has 0 aliphatic carbocycles. The van der Waals surface area contributed by atoms with Gasteiger partial charge >= 0.3 is 0 Å². The normalized spacial score (nSPS) is 10.5. The maximum atomic E-state index is 11.9. The molecule has 2 N–H and O–H groups in total. The van der Waals surface area contributed by atoms with Gasteiger partial charge < -0.3 is 20.1 Å². The minimum absolute atomic E-state index is 0.0406. The molecular weight excluding hydrogens is 244 g/mol. The molecule has 0 fully saturated rings. The van der Waals surface area contributed by atoms with Gasteiger partial charge in [-0.1, -0.05) is 13.8 Å². The molecule has 0 heterocycles. The topological polar surface area (TPSA) is 61.8 Å². The van der Waals surface area contributed by atoms with Crippen molar-refractivity contribution in [1.82, 2.24) is 10.2 Å². The number of carbonyl (C=O) groups is 1. The summed E-state index contributed by atoms with van der Waals surface area (Å²) in [5.41, 5.74) is 0.235. The molecular formula is C14H22N2O3. The van der Waals surface area contributed by atoms with Crippen LogP contribution >= 0.6 is 0 Å². The van der Waals surface area contributed by atoms with Crippen molar-refractivity contribution in [2.45, 2.75) is 13.8 Å². The molecule has 0 radical (unpaired) electrons. The zero-order valence-corrected chi connectivity index (χ0v) is 11.8. The number of phenols is 1. The number of rotatable bonds is 7. The SMILES string of the molecule is CCN(CC)CCNC(=O)c1cc(OC)ccc1O. The number of likely N-dealkylation sites (N-methyl/N-ethyl adjacent to an activating group) is 1. The van der Waals surface area contributed by atoms with E-state index in [1.165, 1.54) is 19.2 Å². The van der Waals surface area contributed by atoms with E-state index in [0.717, 1.165) is 19.6 Å². The van der Waals surface area contributed by atoms with Gasteiger partial charge in [0.1, 0.15) is 11.5 Å². The van der Waals surface area contributed by atoms with Gasteiger partial charge in [0.05, 0.1) is 12.7 Å². The monoisotopic (exact) mass is 266 g/mol. The predicted octanol–water partition coefficient (Wildman–Crippen LogP) is 1.47. The van der Waals surface area contributed by atoms with E-state index in [-0.39, 0.29) is 17.2 Å². The molecule has 0 unspecified atom stereocenters. The van der Waals surface area contributed by atoms with Crippen molar-refractivity contribution >= 4 is 5.91 Å². The molecule has 1 aromatic carbocycles. The Morgan fingerprint density at radius 3 is 2.63 bits per heavy atom. The molecule has 0 atom stereocenters. The van der Waals surface area contributed by atoms with Crippen LogP contribution < -0.4 is 10.1 Å². The van der Waals surface area contributed by atoms with E-state index in [0.29, 0.717) is 12.3 Å². The van der Waals surface area contributed by atoms with Crippen molar-refractivity contribution in [3.63, 3.8) is 0 Å². The van der Waals surface area contributed by atoms with Crippen molar-refractivity contribution in [2.24, 2.45) is 0 Å². The van der Waals surface area contributed by atoms with Crippen LogP contribution in [0.15, 0.2) is 18.2 Å². The molecule has 1 amide bonds. The second-order valence-corrected chi connectivity index (χ2v) is 4.17. The van der Waals surface area contributed by atoms with Crippen molar-refractivity contribution in [3.8, 4) is 11.5 Å². The van der Waals surface area contributed by atoms with Crippen molar-refractivity contribution in [3.05, 3.63) is 23.8 Å². The fourth-order valence-electron chi connectivity index (χ4n) is 1.79. The van der Waals surface area contributed by atoms with Gasteiger partial charge in [-0.25, -0.2) is 0 Å². The molecule has 5 heteroatoms. The van der Waals surface area contributed by atoms with Gasteiger partial charge in [0.25, 0.3) is 5.91 Å². The molecule has 0 bridgehead atoms. The average Bonchev–Trinajstić information content (AvgIpc) is 2.44. The number of amides is 1. The fourth-order valence-corrected chi connectivity index (χ4v) is 1.79. The van der Waals surface area contributed by atoms with Crippen LogP contribution in [0.1, 0.15) is 24.2 Å². The van der Waals surface area contributed by atoms with Gasteiger partial charge in [-0.3, -0.25) is 4.79 Å². The maximum absolute atomic E-state index is 11.9. The third-order valence-corrected chi connectivity index (χ3v) is 3.06. The van der Waals surface area contributed by atoms with E-state index < -0.39 is 0 Å². The summed E-state index contributed by atoms with van der Waals surface area (Å²) in [5, 5.41) is 12.5. The summed E-state index contributed by atoms with van der Waals surface area (Å²) in [7, 11) is 1.52. The Labute approximate surface area is 114 Å². The van der Waals surface area contributed by atoms with Crippen LogP contribution in [0.25, 0.3) is 0 Å². The van der Waals surface area contributed by atoms with Gasteiger partial charge in [0, 0.05) is 13.1 Å². The summed E-state index contributed by atoms with van der Waals surface area (Å²) in [4.78, 5) is 14.2. The number of hydrogen-bond donors (Lipinski definition) is 2. The lowest BCUT2D eigenvalue weighted by atomic mass is 10.1. The lowest BCUT2D eigenvalue weighted by Gasteiger charge is -2.18. The number of carbonyl (C=O) groups excluding carboxylic acids is 1. The van der Waals surface area contributed by atoms with Crippen LogP contribution in [0.3, 0.4) is 0 Å². The number of nitrogens with one attached hydrogen (secondary N) is 1. The Morgan fingerprint density at radius 1 is 1.37 bits per heavy atom. The molecule has 0 aliphatic heterocycles. The highest BCUT2D eigenvalue weighted by Crippen LogP contribution is 2.22. The number of phenolic OH excluding ortho intramolecular Hbond substituents is 1. The van der Waals surface area contributed by atoms with Gasteiger partial charge in [-0.15, -0.1) is 0 Å². The third kappa shape index (κ3) is 4.44. The number of aromatic hydroxyl groups is 1. The highest BCUT2D eigenvalue weighted by Gasteiger charge is 2.12. The predicted molar refractivity (Wildman–Crippen MR) is 74.8 cm³/mol. The molecule has 1 rings (SSSR count). The van der Waals surface area contributed by atoms with E-state index >= 15 is 0 Å². The largest absolute Gasteiger partial charge is 0.507 e. The number of benzene rings is 1. The van der Waals surface area contributed by atoms with E-state index in [2.05, 4.69) is 24.1 Å². The first-order valence-electron chi connectivity index (χ1n) is 6.49. The first-order valence-corrected chi connectivity index (χ1v) is 6.49. The second kappa shape index (κ2) is 7.63. The summed E-state index contributed by atoms with van der Waals surface area (Å²) in [6.07, 6.45) is 0. The molecule has 0 saturated heterocycles. The van der Waals surface area contributed by atoms with Crippen molar-refractivity contribution in [1.29, 1.82) is 0 Å². The summed E-state index contributed by atoms with van der Waals surface area (Å²) in [5.74, 6) is 0.219. The summed E-state index contributed by atoms with van der Waals surface area (Å²) in [6, 6.07) is 4.60. The first-order chi connectivity index (χ1) is 9.12. The zero-order chi connectivity index (χ0) is 14.3. The highest BCUT2D eigenvalue weighted by atomic mass is 16.5. The van der Waals surface area contributed by atoms with Gasteiger partial charge in [0.15, 0.2) is 0 Å². The maximum Gasteiger partial charge on any atom is 0.255 e. The highest BCUT2D eigenvalue weighted by molar-refractivity contribution is 5.97. The van der Waals surface area contributed by atoms with Crippen LogP contribution in [0.5, 0.6) is 11.5 Å². The van der Waals surface area contributed by atoms with E-state index in [4.69, 9.17) is 4.74 Å². The minimum atomic E-state index is -0.288. The lowest BCUT2D eigenvalue weighted by Crippen LogP contribution is -2.34. The zero-order valence-electron chi connectivity index (χ0n) is 11.8. The van der Waals surface area contributed by atoms with Crippen molar-refractivity contribution < 1.29 is 14.6 Å². The van der Waals surface area contributed by atoms with Gasteiger partial charge in [-0.05, 0) is 31.3 Å². The van der Waals surface area contributed by atoms with E-state index in [1.54, 1.807) is 6.07 Å². The Bertz CT molecular complexity index is 417. The molecule has 5 nitrogen and oxygen atoms in total. The van der Waals surface area contributed by atoms with Crippen molar-refractivity contribution in [2.75, 3.05) is 33.3 Å². The van der Waals surface area contributed by atoms with Crippen LogP contribution in [-0.2, 0) is 0 Å². The summed E-state index contributed by atoms with van der Waals surface area (Å²) < 4.78 is 5.04. The van der Waals surface area contributed by atoms with Crippen LogP contribution in [-0.4, -0.2) is 49.2 Å². The quantitative estimate of drug-likeness (QED) is 0.784. The number of nitrogens with zero attached hydrogens (tertiary/aromatic N) is 1. The standard InChI is InChI=1S/C14H22N2O3/c1-4-16(5-2)9-8-15-14(18)12-10-11(19-3)6-7-13(12)17/h6-7,10,17H,4-5,8-9H2,1-3H3,(H,15,18). The van der Waals surface area contributed by atoms with E-state index in [1.807, 2.05) is 0 Å². The van der Waals surface area contributed by atoms with Crippen LogP contribution in [0, 0.1) is 0 Å². The molecule has 1 aromatic rings. The fraction of sp³-hybridized carbons (Fsp3) is 0.500. The molecule has 106 valence electrons. The molecule has 0 aliphatic rings. The second-order valence-electron chi connectivity index (χ2n) is 4.17. The minimum Gasteiger partial charge on any atom is -0.507 e. The third-order valence-electron chi connectivity index (χ3n) is 3.06. The molecule has 0 aromatic heterocycles. The lowest BCUT2D eigenvalue weighted by molar-refractivity contribution is 0.0946. The Morgan fingerprint density at radius 2 is 2.05 bits per heavy atom. The van der Waals surface area contributed by atoms with Gasteiger partial charge in [0.2, 0.25) is 0 Å². The Kier molecular flexibility index (Phi) is 6.15. The molecule has 0 saturated carbocycles. The van der Waals surface area contributed by atoms with E-state index in [9.17, 15) is 9.90 Å².